The first kappa shape index (κ1) is 15.4. The van der Waals surface area contributed by atoms with Crippen LogP contribution in [0, 0.1) is 0 Å². The molecule has 0 saturated heterocycles. The van der Waals surface area contributed by atoms with Crippen LogP contribution in [-0.4, -0.2) is 40.3 Å². The number of ether oxygens (including phenoxy) is 1. The van der Waals surface area contributed by atoms with E-state index < -0.39 is 23.2 Å². The van der Waals surface area contributed by atoms with Crippen LogP contribution in [0.1, 0.15) is 31.9 Å². The maximum atomic E-state index is 12.2. The van der Waals surface area contributed by atoms with E-state index in [1.54, 1.807) is 20.8 Å². The van der Waals surface area contributed by atoms with Gasteiger partial charge in [0.2, 0.25) is 0 Å². The molecular formula is C16H21NO4. The van der Waals surface area contributed by atoms with Crippen molar-refractivity contribution < 1.29 is 19.4 Å². The maximum absolute atomic E-state index is 12.2. The number of nitrogens with zero attached hydrogens (tertiary/aromatic N) is 1. The highest BCUT2D eigenvalue weighted by atomic mass is 16.6. The molecule has 1 aromatic rings. The molecule has 21 heavy (non-hydrogen) atoms. The lowest BCUT2D eigenvalue weighted by Crippen LogP contribution is -2.57. The van der Waals surface area contributed by atoms with Crippen molar-refractivity contribution in [2.45, 2.75) is 44.8 Å². The highest BCUT2D eigenvalue weighted by Crippen LogP contribution is 2.35. The number of amides is 1. The fourth-order valence-corrected chi connectivity index (χ4v) is 2.63. The molecule has 2 rings (SSSR count). The van der Waals surface area contributed by atoms with Crippen molar-refractivity contribution in [2.75, 3.05) is 7.05 Å². The second-order valence-electron chi connectivity index (χ2n) is 6.50. The summed E-state index contributed by atoms with van der Waals surface area (Å²) in [5, 5.41) is 9.70. The third-order valence-corrected chi connectivity index (χ3v) is 3.79. The summed E-state index contributed by atoms with van der Waals surface area (Å²) in [6, 6.07) is 7.57. The molecule has 0 bridgehead atoms. The summed E-state index contributed by atoms with van der Waals surface area (Å²) in [7, 11) is 1.49. The van der Waals surface area contributed by atoms with E-state index in [2.05, 4.69) is 0 Å². The van der Waals surface area contributed by atoms with Crippen molar-refractivity contribution in [3.63, 3.8) is 0 Å². The Hall–Kier alpha value is -2.04. The van der Waals surface area contributed by atoms with Gasteiger partial charge in [0.1, 0.15) is 5.60 Å². The number of benzene rings is 1. The summed E-state index contributed by atoms with van der Waals surface area (Å²) in [5.74, 6) is -1.01. The second kappa shape index (κ2) is 5.06. The number of carboxylic acid groups (broad SMARTS) is 1. The molecule has 1 aliphatic carbocycles. The predicted octanol–water partition coefficient (Wildman–Crippen LogP) is 2.48. The number of carboxylic acids is 1. The standard InChI is InChI=1S/C16H21NO4/c1-15(2,3)21-14(20)17(4)16(13(18)19)9-11-7-5-6-8-12(11)10-16/h5-8H,9-10H2,1-4H3,(H,18,19). The Morgan fingerprint density at radius 3 is 2.05 bits per heavy atom. The molecule has 1 aromatic carbocycles. The first-order chi connectivity index (χ1) is 9.66. The molecule has 1 N–H and O–H groups in total. The van der Waals surface area contributed by atoms with Crippen molar-refractivity contribution in [3.05, 3.63) is 35.4 Å². The average molecular weight is 291 g/mol. The molecule has 0 aliphatic heterocycles. The molecule has 0 unspecified atom stereocenters. The van der Waals surface area contributed by atoms with Crippen LogP contribution in [0.3, 0.4) is 0 Å². The van der Waals surface area contributed by atoms with Crippen LogP contribution in [0.15, 0.2) is 24.3 Å². The molecule has 114 valence electrons. The molecule has 5 nitrogen and oxygen atoms in total. The van der Waals surface area contributed by atoms with E-state index in [0.29, 0.717) is 12.8 Å². The van der Waals surface area contributed by atoms with Gasteiger partial charge in [-0.2, -0.15) is 0 Å². The van der Waals surface area contributed by atoms with Crippen LogP contribution >= 0.6 is 0 Å². The Bertz CT molecular complexity index is 549. The number of fused-ring (bicyclic) bond motifs is 1. The Balaban J connectivity index is 2.30. The van der Waals surface area contributed by atoms with Crippen LogP contribution < -0.4 is 0 Å². The summed E-state index contributed by atoms with van der Waals surface area (Å²) in [6.07, 6.45) is -0.0135. The number of hydrogen-bond acceptors (Lipinski definition) is 3. The maximum Gasteiger partial charge on any atom is 0.411 e. The fraction of sp³-hybridized carbons (Fsp3) is 0.500. The van der Waals surface area contributed by atoms with Crippen LogP contribution in [0.25, 0.3) is 0 Å². The number of carbonyl (C=O) groups excluding carboxylic acids is 1. The Kier molecular flexibility index (Phi) is 3.70. The Morgan fingerprint density at radius 2 is 1.67 bits per heavy atom. The largest absolute Gasteiger partial charge is 0.479 e. The van der Waals surface area contributed by atoms with Crippen molar-refractivity contribution in [1.29, 1.82) is 0 Å². The smallest absolute Gasteiger partial charge is 0.411 e. The minimum atomic E-state index is -1.27. The van der Waals surface area contributed by atoms with Gasteiger partial charge in [-0.3, -0.25) is 4.90 Å². The number of hydrogen-bond donors (Lipinski definition) is 1. The third kappa shape index (κ3) is 2.86. The van der Waals surface area contributed by atoms with Gasteiger partial charge in [-0.1, -0.05) is 24.3 Å². The van der Waals surface area contributed by atoms with E-state index in [4.69, 9.17) is 4.74 Å². The number of aliphatic carboxylic acids is 1. The van der Waals surface area contributed by atoms with Crippen molar-refractivity contribution in [2.24, 2.45) is 0 Å². The van der Waals surface area contributed by atoms with Gasteiger partial charge in [0.15, 0.2) is 5.54 Å². The first-order valence-electron chi connectivity index (χ1n) is 6.93. The molecular weight excluding hydrogens is 270 g/mol. The van der Waals surface area contributed by atoms with Gasteiger partial charge < -0.3 is 9.84 Å². The van der Waals surface area contributed by atoms with Gasteiger partial charge in [-0.15, -0.1) is 0 Å². The zero-order valence-electron chi connectivity index (χ0n) is 12.8. The fourth-order valence-electron chi connectivity index (χ4n) is 2.63. The molecule has 0 heterocycles. The summed E-state index contributed by atoms with van der Waals surface area (Å²) >= 11 is 0. The lowest BCUT2D eigenvalue weighted by molar-refractivity contribution is -0.149. The average Bonchev–Trinajstić information content (AvgIpc) is 2.76. The van der Waals surface area contributed by atoms with E-state index in [1.807, 2.05) is 24.3 Å². The van der Waals surface area contributed by atoms with Gasteiger partial charge in [-0.05, 0) is 31.9 Å². The monoisotopic (exact) mass is 291 g/mol. The molecule has 0 aromatic heterocycles. The predicted molar refractivity (Wildman–Crippen MR) is 78.2 cm³/mol. The van der Waals surface area contributed by atoms with E-state index in [-0.39, 0.29) is 0 Å². The van der Waals surface area contributed by atoms with Gasteiger partial charge in [0.05, 0.1) is 0 Å². The molecule has 5 heteroatoms. The van der Waals surface area contributed by atoms with Crippen LogP contribution in [0.2, 0.25) is 0 Å². The topological polar surface area (TPSA) is 66.8 Å². The van der Waals surface area contributed by atoms with Crippen LogP contribution in [-0.2, 0) is 22.4 Å². The van der Waals surface area contributed by atoms with E-state index in [0.717, 1.165) is 11.1 Å². The summed E-state index contributed by atoms with van der Waals surface area (Å²) in [6.45, 7) is 5.28. The first-order valence-corrected chi connectivity index (χ1v) is 6.93. The lowest BCUT2D eigenvalue weighted by Gasteiger charge is -2.35. The summed E-state index contributed by atoms with van der Waals surface area (Å²) < 4.78 is 5.31. The quantitative estimate of drug-likeness (QED) is 0.909. The number of rotatable bonds is 2. The summed E-state index contributed by atoms with van der Waals surface area (Å²) in [5.41, 5.74) is 0.00769. The molecule has 1 amide bonds. The molecule has 0 spiro atoms. The Labute approximate surface area is 124 Å². The van der Waals surface area contributed by atoms with Gasteiger partial charge >= 0.3 is 12.1 Å². The molecule has 0 fully saturated rings. The highest BCUT2D eigenvalue weighted by molar-refractivity contribution is 5.86. The normalized spacial score (nSPS) is 16.2. The van der Waals surface area contributed by atoms with Crippen LogP contribution in [0.5, 0.6) is 0 Å². The molecule has 1 aliphatic rings. The van der Waals surface area contributed by atoms with Gasteiger partial charge in [0.25, 0.3) is 0 Å². The van der Waals surface area contributed by atoms with E-state index in [1.165, 1.54) is 11.9 Å². The highest BCUT2D eigenvalue weighted by Gasteiger charge is 2.50. The zero-order chi connectivity index (χ0) is 15.8. The van der Waals surface area contributed by atoms with Crippen molar-refractivity contribution in [1.82, 2.24) is 4.90 Å². The second-order valence-corrected chi connectivity index (χ2v) is 6.50. The molecule has 0 radical (unpaired) electrons. The van der Waals surface area contributed by atoms with Crippen molar-refractivity contribution >= 4 is 12.1 Å². The minimum absolute atomic E-state index is 0.300. The van der Waals surface area contributed by atoms with E-state index >= 15 is 0 Å². The minimum Gasteiger partial charge on any atom is -0.479 e. The van der Waals surface area contributed by atoms with E-state index in [9.17, 15) is 14.7 Å². The number of likely N-dealkylation sites (N-methyl/N-ethyl adjacent to an activating group) is 1. The van der Waals surface area contributed by atoms with Gasteiger partial charge in [0, 0.05) is 19.9 Å². The molecule has 0 saturated carbocycles. The third-order valence-electron chi connectivity index (χ3n) is 3.79. The molecule has 0 atom stereocenters. The summed E-state index contributed by atoms with van der Waals surface area (Å²) in [4.78, 5) is 25.3. The lowest BCUT2D eigenvalue weighted by atomic mass is 9.94. The number of carbonyl (C=O) groups is 2. The zero-order valence-corrected chi connectivity index (χ0v) is 12.8. The van der Waals surface area contributed by atoms with Crippen molar-refractivity contribution in [3.8, 4) is 0 Å². The Morgan fingerprint density at radius 1 is 1.19 bits per heavy atom. The SMILES string of the molecule is CN(C(=O)OC(C)(C)C)C1(C(=O)O)Cc2ccccc2C1. The van der Waals surface area contributed by atoms with Crippen LogP contribution in [0.4, 0.5) is 4.79 Å². The van der Waals surface area contributed by atoms with Gasteiger partial charge in [-0.25, -0.2) is 9.59 Å².